The van der Waals surface area contributed by atoms with Crippen LogP contribution < -0.4 is 5.32 Å². The highest BCUT2D eigenvalue weighted by Crippen LogP contribution is 2.26. The molecule has 1 aliphatic rings. The first-order valence-corrected chi connectivity index (χ1v) is 6.67. The van der Waals surface area contributed by atoms with Crippen LogP contribution in [0, 0.1) is 4.64 Å². The van der Waals surface area contributed by atoms with Crippen molar-refractivity contribution in [2.45, 2.75) is 18.9 Å². The van der Waals surface area contributed by atoms with Gasteiger partial charge in [-0.2, -0.15) is 0 Å². The van der Waals surface area contributed by atoms with Gasteiger partial charge in [0.05, 0.1) is 0 Å². The highest BCUT2D eigenvalue weighted by molar-refractivity contribution is 7.71. The number of anilines is 1. The Labute approximate surface area is 113 Å². The molecule has 1 aromatic heterocycles. The minimum Gasteiger partial charge on any atom is -0.370 e. The maximum atomic E-state index is 5.62. The van der Waals surface area contributed by atoms with Crippen molar-refractivity contribution in [2.75, 3.05) is 39.1 Å². The third-order valence-electron chi connectivity index (χ3n) is 2.87. The number of aromatic nitrogens is 2. The lowest BCUT2D eigenvalue weighted by Gasteiger charge is -2.14. The lowest BCUT2D eigenvalue weighted by molar-refractivity contribution is 0.105. The zero-order chi connectivity index (χ0) is 13.0. The van der Waals surface area contributed by atoms with Gasteiger partial charge in [0.1, 0.15) is 22.4 Å². The van der Waals surface area contributed by atoms with Crippen molar-refractivity contribution in [1.82, 2.24) is 14.9 Å². The summed E-state index contributed by atoms with van der Waals surface area (Å²) < 4.78 is 6.22. The van der Waals surface area contributed by atoms with Gasteiger partial charge in [0.2, 0.25) is 0 Å². The van der Waals surface area contributed by atoms with Gasteiger partial charge in [-0.3, -0.25) is 0 Å². The van der Waals surface area contributed by atoms with Crippen LogP contribution in [0.2, 0.25) is 0 Å². The molecule has 0 bridgehead atoms. The highest BCUT2D eigenvalue weighted by atomic mass is 32.1. The monoisotopic (exact) mass is 268 g/mol. The topological polar surface area (TPSA) is 53.2 Å². The Kier molecular flexibility index (Phi) is 4.68. The molecule has 0 radical (unpaired) electrons. The summed E-state index contributed by atoms with van der Waals surface area (Å²) in [7, 11) is 4.10. The average molecular weight is 268 g/mol. The molecule has 0 amide bonds. The van der Waals surface area contributed by atoms with Gasteiger partial charge in [0, 0.05) is 25.8 Å². The molecule has 1 saturated heterocycles. The van der Waals surface area contributed by atoms with E-state index in [0.29, 0.717) is 4.64 Å². The molecule has 1 atom stereocenters. The molecule has 0 spiro atoms. The van der Waals surface area contributed by atoms with Gasteiger partial charge in [0.25, 0.3) is 0 Å². The molecule has 1 aromatic rings. The first-order valence-electron chi connectivity index (χ1n) is 6.26. The Morgan fingerprint density at radius 3 is 3.11 bits per heavy atom. The van der Waals surface area contributed by atoms with Crippen LogP contribution in [0.5, 0.6) is 0 Å². The fraction of sp³-hybridized carbons (Fsp3) is 0.667. The number of aromatic amines is 1. The first kappa shape index (κ1) is 13.5. The Balaban J connectivity index is 2.04. The van der Waals surface area contributed by atoms with E-state index in [2.05, 4.69) is 20.2 Å². The van der Waals surface area contributed by atoms with E-state index in [4.69, 9.17) is 17.0 Å². The quantitative estimate of drug-likeness (QED) is 0.800. The molecule has 2 heterocycles. The van der Waals surface area contributed by atoms with E-state index in [0.717, 1.165) is 44.2 Å². The molecule has 18 heavy (non-hydrogen) atoms. The number of nitrogens with zero attached hydrogens (tertiary/aromatic N) is 2. The lowest BCUT2D eigenvalue weighted by Crippen LogP contribution is -2.21. The van der Waals surface area contributed by atoms with E-state index in [1.54, 1.807) is 0 Å². The number of nitrogens with one attached hydrogen (secondary N) is 2. The normalized spacial score (nSPS) is 19.4. The van der Waals surface area contributed by atoms with Crippen molar-refractivity contribution < 1.29 is 4.74 Å². The van der Waals surface area contributed by atoms with Gasteiger partial charge in [-0.05, 0) is 26.9 Å². The van der Waals surface area contributed by atoms with Crippen molar-refractivity contribution in [1.29, 1.82) is 0 Å². The standard InChI is InChI=1S/C12H20N4OS/c1-16(2)6-5-13-10-8-11(18)15-12(14-10)9-4-3-7-17-9/h8-9H,3-7H2,1-2H3,(H2,13,14,15,18). The SMILES string of the molecule is CN(C)CCNc1cc(=S)nc(C2CCCO2)[nH]1. The molecule has 100 valence electrons. The third-order valence-corrected chi connectivity index (χ3v) is 3.08. The predicted molar refractivity (Wildman–Crippen MR) is 74.4 cm³/mol. The van der Waals surface area contributed by atoms with Gasteiger partial charge >= 0.3 is 0 Å². The average Bonchev–Trinajstić information content (AvgIpc) is 2.81. The molecule has 5 nitrogen and oxygen atoms in total. The summed E-state index contributed by atoms with van der Waals surface area (Å²) in [5.41, 5.74) is 0. The summed E-state index contributed by atoms with van der Waals surface area (Å²) in [5, 5.41) is 3.32. The summed E-state index contributed by atoms with van der Waals surface area (Å²) >= 11 is 5.19. The maximum absolute atomic E-state index is 5.62. The van der Waals surface area contributed by atoms with Gasteiger partial charge in [-0.15, -0.1) is 0 Å². The third kappa shape index (κ3) is 3.76. The summed E-state index contributed by atoms with van der Waals surface area (Å²) in [5.74, 6) is 1.76. The van der Waals surface area contributed by atoms with E-state index in [1.165, 1.54) is 0 Å². The molecular formula is C12H20N4OS. The Hall–Kier alpha value is -0.980. The van der Waals surface area contributed by atoms with Gasteiger partial charge in [-0.1, -0.05) is 12.2 Å². The molecule has 1 unspecified atom stereocenters. The van der Waals surface area contributed by atoms with E-state index in [-0.39, 0.29) is 6.10 Å². The summed E-state index contributed by atoms with van der Waals surface area (Å²) in [6, 6.07) is 1.85. The molecular weight excluding hydrogens is 248 g/mol. The van der Waals surface area contributed by atoms with Gasteiger partial charge in [-0.25, -0.2) is 4.98 Å². The van der Waals surface area contributed by atoms with Crippen LogP contribution in [0.3, 0.4) is 0 Å². The second kappa shape index (κ2) is 6.26. The zero-order valence-corrected chi connectivity index (χ0v) is 11.7. The number of hydrogen-bond donors (Lipinski definition) is 2. The minimum atomic E-state index is 0.0716. The molecule has 2 N–H and O–H groups in total. The van der Waals surface area contributed by atoms with E-state index in [9.17, 15) is 0 Å². The van der Waals surface area contributed by atoms with Gasteiger partial charge < -0.3 is 19.9 Å². The molecule has 0 aromatic carbocycles. The van der Waals surface area contributed by atoms with Crippen LogP contribution in [-0.4, -0.2) is 48.7 Å². The lowest BCUT2D eigenvalue weighted by atomic mass is 10.2. The molecule has 1 aliphatic heterocycles. The Morgan fingerprint density at radius 1 is 1.61 bits per heavy atom. The minimum absolute atomic E-state index is 0.0716. The Bertz CT molecular complexity index is 440. The largest absolute Gasteiger partial charge is 0.370 e. The van der Waals surface area contributed by atoms with Crippen molar-refractivity contribution >= 4 is 18.0 Å². The first-order chi connectivity index (χ1) is 8.65. The van der Waals surface area contributed by atoms with E-state index >= 15 is 0 Å². The fourth-order valence-corrected chi connectivity index (χ4v) is 2.15. The molecule has 6 heteroatoms. The van der Waals surface area contributed by atoms with Crippen LogP contribution in [0.1, 0.15) is 24.8 Å². The van der Waals surface area contributed by atoms with Crippen LogP contribution in [0.15, 0.2) is 6.07 Å². The Morgan fingerprint density at radius 2 is 2.44 bits per heavy atom. The van der Waals surface area contributed by atoms with Crippen molar-refractivity contribution in [2.24, 2.45) is 0 Å². The predicted octanol–water partition coefficient (Wildman–Crippen LogP) is 1.96. The molecule has 0 aliphatic carbocycles. The second-order valence-corrected chi connectivity index (χ2v) is 5.17. The number of rotatable bonds is 5. The number of hydrogen-bond acceptors (Lipinski definition) is 5. The van der Waals surface area contributed by atoms with Crippen LogP contribution in [0.25, 0.3) is 0 Å². The summed E-state index contributed by atoms with van der Waals surface area (Å²) in [6.07, 6.45) is 2.17. The van der Waals surface area contributed by atoms with Crippen LogP contribution in [0.4, 0.5) is 5.82 Å². The van der Waals surface area contributed by atoms with Crippen molar-refractivity contribution in [3.63, 3.8) is 0 Å². The number of H-pyrrole nitrogens is 1. The van der Waals surface area contributed by atoms with Crippen LogP contribution >= 0.6 is 12.2 Å². The van der Waals surface area contributed by atoms with Crippen molar-refractivity contribution in [3.8, 4) is 0 Å². The zero-order valence-electron chi connectivity index (χ0n) is 10.9. The number of likely N-dealkylation sites (N-methyl/N-ethyl adjacent to an activating group) is 1. The van der Waals surface area contributed by atoms with E-state index < -0.39 is 0 Å². The van der Waals surface area contributed by atoms with Crippen molar-refractivity contribution in [3.05, 3.63) is 16.5 Å². The summed E-state index contributed by atoms with van der Waals surface area (Å²) in [4.78, 5) is 9.74. The maximum Gasteiger partial charge on any atom is 0.138 e. The molecule has 0 saturated carbocycles. The second-order valence-electron chi connectivity index (χ2n) is 4.75. The van der Waals surface area contributed by atoms with Crippen LogP contribution in [-0.2, 0) is 4.74 Å². The van der Waals surface area contributed by atoms with Gasteiger partial charge in [0.15, 0.2) is 0 Å². The number of ether oxygens (including phenoxy) is 1. The molecule has 2 rings (SSSR count). The molecule has 1 fully saturated rings. The smallest absolute Gasteiger partial charge is 0.138 e. The highest BCUT2D eigenvalue weighted by Gasteiger charge is 2.19. The summed E-state index contributed by atoms with van der Waals surface area (Å²) in [6.45, 7) is 2.65. The fourth-order valence-electron chi connectivity index (χ4n) is 1.93. The van der Waals surface area contributed by atoms with E-state index in [1.807, 2.05) is 20.2 Å².